The molecule has 2 aromatic heterocycles. The lowest BCUT2D eigenvalue weighted by molar-refractivity contribution is -0.140. The van der Waals surface area contributed by atoms with Crippen LogP contribution in [0.5, 0.6) is 0 Å². The monoisotopic (exact) mass is 514 g/mol. The molecule has 2 aromatic carbocycles. The number of likely N-dealkylation sites (tertiary alicyclic amines) is 1. The van der Waals surface area contributed by atoms with Crippen molar-refractivity contribution >= 4 is 5.97 Å². The number of carboxylic acid groups (broad SMARTS) is 1. The second-order valence-corrected chi connectivity index (χ2v) is 8.84. The number of alkyl halides is 3. The third-order valence-electron chi connectivity index (χ3n) is 6.12. The van der Waals surface area contributed by atoms with Crippen LogP contribution >= 0.6 is 0 Å². The predicted molar refractivity (Wildman–Crippen MR) is 123 cm³/mol. The van der Waals surface area contributed by atoms with E-state index in [1.165, 1.54) is 12.1 Å². The van der Waals surface area contributed by atoms with Crippen LogP contribution in [0, 0.1) is 5.92 Å². The summed E-state index contributed by atoms with van der Waals surface area (Å²) in [7, 11) is 0. The molecular weight excluding hydrogens is 493 g/mol. The number of β-amino-alcohol motifs (C(OH)–C–C–N with tert-alkyl or cyclic N) is 1. The third-order valence-corrected chi connectivity index (χ3v) is 6.12. The molecule has 37 heavy (non-hydrogen) atoms. The Kier molecular flexibility index (Phi) is 6.52. The zero-order valence-electron chi connectivity index (χ0n) is 19.2. The summed E-state index contributed by atoms with van der Waals surface area (Å²) in [5, 5.41) is 26.7. The van der Waals surface area contributed by atoms with Gasteiger partial charge in [0.25, 0.3) is 5.89 Å². The number of hydrogen-bond donors (Lipinski definition) is 2. The van der Waals surface area contributed by atoms with E-state index in [1.54, 1.807) is 42.5 Å². The lowest BCUT2D eigenvalue weighted by Crippen LogP contribution is -2.48. The molecule has 1 fully saturated rings. The van der Waals surface area contributed by atoms with Gasteiger partial charge in [-0.25, -0.2) is 0 Å². The minimum atomic E-state index is -4.78. The van der Waals surface area contributed by atoms with E-state index in [0.29, 0.717) is 30.8 Å². The number of aromatic nitrogens is 3. The number of carboxylic acids is 1. The molecule has 0 aliphatic carbocycles. The van der Waals surface area contributed by atoms with E-state index in [1.807, 2.05) is 4.90 Å². The van der Waals surface area contributed by atoms with Gasteiger partial charge in [-0.15, -0.1) is 0 Å². The fourth-order valence-corrected chi connectivity index (χ4v) is 4.33. The van der Waals surface area contributed by atoms with E-state index in [-0.39, 0.29) is 29.4 Å². The normalized spacial score (nSPS) is 15.5. The summed E-state index contributed by atoms with van der Waals surface area (Å²) in [5.41, 5.74) is -0.167. The van der Waals surface area contributed by atoms with Crippen LogP contribution in [0.4, 0.5) is 13.2 Å². The SMILES string of the molecule is O=C(O)CC1CN(CC(O)c2ccc(-c3noc(-c4onc(-c5ccccc5)c4C(F)(F)F)n3)cc2)C1. The average molecular weight is 514 g/mol. The first-order valence-electron chi connectivity index (χ1n) is 11.4. The van der Waals surface area contributed by atoms with Gasteiger partial charge in [-0.05, 0) is 11.5 Å². The quantitative estimate of drug-likeness (QED) is 0.349. The zero-order valence-corrected chi connectivity index (χ0v) is 19.2. The van der Waals surface area contributed by atoms with Crippen LogP contribution in [-0.2, 0) is 11.0 Å². The number of nitrogens with zero attached hydrogens (tertiary/aromatic N) is 4. The molecule has 4 aromatic rings. The smallest absolute Gasteiger partial charge is 0.422 e. The van der Waals surface area contributed by atoms with E-state index in [9.17, 15) is 23.1 Å². The van der Waals surface area contributed by atoms with Crippen molar-refractivity contribution in [3.63, 3.8) is 0 Å². The first-order chi connectivity index (χ1) is 17.7. The van der Waals surface area contributed by atoms with Gasteiger partial charge in [0, 0.05) is 30.8 Å². The first kappa shape index (κ1) is 24.7. The zero-order chi connectivity index (χ0) is 26.2. The van der Waals surface area contributed by atoms with Crippen molar-refractivity contribution in [1.29, 1.82) is 0 Å². The molecule has 2 N–H and O–H groups in total. The Morgan fingerprint density at radius 1 is 1.03 bits per heavy atom. The van der Waals surface area contributed by atoms with Gasteiger partial charge in [0.2, 0.25) is 11.6 Å². The number of rotatable bonds is 8. The maximum Gasteiger partial charge on any atom is 0.422 e. The molecule has 9 nitrogen and oxygen atoms in total. The van der Waals surface area contributed by atoms with Crippen molar-refractivity contribution < 1.29 is 37.2 Å². The van der Waals surface area contributed by atoms with Crippen molar-refractivity contribution in [3.05, 3.63) is 65.7 Å². The molecule has 0 amide bonds. The Labute approximate surface area is 208 Å². The lowest BCUT2D eigenvalue weighted by atomic mass is 9.95. The van der Waals surface area contributed by atoms with Crippen LogP contribution in [0.25, 0.3) is 34.3 Å². The van der Waals surface area contributed by atoms with Crippen LogP contribution in [-0.4, -0.2) is 56.0 Å². The van der Waals surface area contributed by atoms with Gasteiger partial charge >= 0.3 is 12.1 Å². The Morgan fingerprint density at radius 3 is 2.38 bits per heavy atom. The lowest BCUT2D eigenvalue weighted by Gasteiger charge is -2.39. The second-order valence-electron chi connectivity index (χ2n) is 8.84. The predicted octanol–water partition coefficient (Wildman–Crippen LogP) is 4.52. The summed E-state index contributed by atoms with van der Waals surface area (Å²) in [6.45, 7) is 1.58. The summed E-state index contributed by atoms with van der Waals surface area (Å²) < 4.78 is 51.8. The largest absolute Gasteiger partial charge is 0.481 e. The fraction of sp³-hybridized carbons (Fsp3) is 0.280. The van der Waals surface area contributed by atoms with Gasteiger partial charge in [-0.2, -0.15) is 18.2 Å². The number of aliphatic hydroxyl groups is 1. The second kappa shape index (κ2) is 9.79. The maximum absolute atomic E-state index is 13.9. The van der Waals surface area contributed by atoms with Crippen molar-refractivity contribution in [1.82, 2.24) is 20.2 Å². The van der Waals surface area contributed by atoms with Gasteiger partial charge in [-0.1, -0.05) is 64.9 Å². The third kappa shape index (κ3) is 5.25. The van der Waals surface area contributed by atoms with E-state index in [2.05, 4.69) is 15.3 Å². The fourth-order valence-electron chi connectivity index (χ4n) is 4.33. The highest BCUT2D eigenvalue weighted by atomic mass is 19.4. The number of hydrogen-bond acceptors (Lipinski definition) is 8. The highest BCUT2D eigenvalue weighted by molar-refractivity contribution is 5.71. The highest BCUT2D eigenvalue weighted by Gasteiger charge is 2.43. The highest BCUT2D eigenvalue weighted by Crippen LogP contribution is 2.43. The number of halogens is 3. The standard InChI is InChI=1S/C25H21F3N4O5/c26-25(27,28)20-21(16-4-2-1-3-5-16)30-36-22(20)24-29-23(31-37-24)17-8-6-15(7-9-17)18(33)13-32-11-14(12-32)10-19(34)35/h1-9,14,18,33H,10-13H2,(H,34,35). The van der Waals surface area contributed by atoms with Gasteiger partial charge in [0.05, 0.1) is 12.5 Å². The van der Waals surface area contributed by atoms with E-state index in [4.69, 9.17) is 14.2 Å². The Bertz CT molecular complexity index is 1380. The molecule has 1 unspecified atom stereocenters. The number of aliphatic hydroxyl groups excluding tert-OH is 1. The number of carbonyl (C=O) groups is 1. The molecule has 1 saturated heterocycles. The van der Waals surface area contributed by atoms with Crippen LogP contribution in [0.3, 0.4) is 0 Å². The summed E-state index contributed by atoms with van der Waals surface area (Å²) >= 11 is 0. The average Bonchev–Trinajstić information content (AvgIpc) is 3.50. The Morgan fingerprint density at radius 2 is 1.73 bits per heavy atom. The van der Waals surface area contributed by atoms with E-state index >= 15 is 0 Å². The summed E-state index contributed by atoms with van der Waals surface area (Å²) in [4.78, 5) is 16.8. The molecular formula is C25H21F3N4O5. The molecule has 12 heteroatoms. The molecule has 5 rings (SSSR count). The topological polar surface area (TPSA) is 126 Å². The Hall–Kier alpha value is -4.03. The number of aliphatic carboxylic acids is 1. The Balaban J connectivity index is 1.31. The van der Waals surface area contributed by atoms with E-state index in [0.717, 1.165) is 0 Å². The molecule has 0 saturated carbocycles. The van der Waals surface area contributed by atoms with E-state index < -0.39 is 35.5 Å². The van der Waals surface area contributed by atoms with Crippen LogP contribution in [0.1, 0.15) is 23.7 Å². The van der Waals surface area contributed by atoms with Crippen LogP contribution in [0.15, 0.2) is 63.6 Å². The molecule has 0 bridgehead atoms. The molecule has 1 atom stereocenters. The molecule has 1 aliphatic heterocycles. The molecule has 3 heterocycles. The van der Waals surface area contributed by atoms with Crippen LogP contribution < -0.4 is 0 Å². The molecule has 192 valence electrons. The summed E-state index contributed by atoms with van der Waals surface area (Å²) in [5.74, 6) is -1.84. The van der Waals surface area contributed by atoms with Crippen LogP contribution in [0.2, 0.25) is 0 Å². The number of benzene rings is 2. The van der Waals surface area contributed by atoms with Gasteiger partial charge < -0.3 is 19.3 Å². The minimum absolute atomic E-state index is 0.0427. The van der Waals surface area contributed by atoms with Crippen molar-refractivity contribution in [2.75, 3.05) is 19.6 Å². The molecule has 0 radical (unpaired) electrons. The first-order valence-corrected chi connectivity index (χ1v) is 11.4. The summed E-state index contributed by atoms with van der Waals surface area (Å²) in [6.07, 6.45) is -5.46. The summed E-state index contributed by atoms with van der Waals surface area (Å²) in [6, 6.07) is 14.4. The van der Waals surface area contributed by atoms with Crippen molar-refractivity contribution in [3.8, 4) is 34.3 Å². The van der Waals surface area contributed by atoms with Gasteiger partial charge in [0.1, 0.15) is 11.3 Å². The van der Waals surface area contributed by atoms with Crippen molar-refractivity contribution in [2.24, 2.45) is 5.92 Å². The molecule has 1 aliphatic rings. The van der Waals surface area contributed by atoms with Gasteiger partial charge in [-0.3, -0.25) is 9.69 Å². The molecule has 0 spiro atoms. The van der Waals surface area contributed by atoms with Crippen molar-refractivity contribution in [2.45, 2.75) is 18.7 Å². The van der Waals surface area contributed by atoms with Gasteiger partial charge in [0.15, 0.2) is 0 Å². The maximum atomic E-state index is 13.9. The minimum Gasteiger partial charge on any atom is -0.481 e.